The SMILES string of the molecule is Cc1ccc(OCCCCCC(=O)NN)c(C(C)(C)C)c1. The lowest BCUT2D eigenvalue weighted by Crippen LogP contribution is -2.29. The van der Waals surface area contributed by atoms with Crippen molar-refractivity contribution in [1.29, 1.82) is 0 Å². The zero-order chi connectivity index (χ0) is 15.9. The van der Waals surface area contributed by atoms with Crippen molar-refractivity contribution in [1.82, 2.24) is 5.43 Å². The maximum Gasteiger partial charge on any atom is 0.233 e. The third kappa shape index (κ3) is 6.17. The molecular formula is C17H28N2O2. The fourth-order valence-electron chi connectivity index (χ4n) is 2.17. The molecule has 4 nitrogen and oxygen atoms in total. The Morgan fingerprint density at radius 2 is 1.95 bits per heavy atom. The van der Waals surface area contributed by atoms with Crippen LogP contribution >= 0.6 is 0 Å². The van der Waals surface area contributed by atoms with E-state index < -0.39 is 0 Å². The van der Waals surface area contributed by atoms with Crippen LogP contribution in [0.5, 0.6) is 5.75 Å². The first-order valence-corrected chi connectivity index (χ1v) is 7.58. The van der Waals surface area contributed by atoms with E-state index in [1.807, 2.05) is 0 Å². The Bertz CT molecular complexity index is 464. The van der Waals surface area contributed by atoms with Crippen LogP contribution in [0.1, 0.15) is 57.6 Å². The summed E-state index contributed by atoms with van der Waals surface area (Å²) >= 11 is 0. The summed E-state index contributed by atoms with van der Waals surface area (Å²) in [6, 6.07) is 6.33. The predicted octanol–water partition coefficient (Wildman–Crippen LogP) is 3.22. The molecule has 1 amide bonds. The molecule has 1 aromatic rings. The molecule has 0 atom stereocenters. The van der Waals surface area contributed by atoms with E-state index in [2.05, 4.69) is 51.3 Å². The van der Waals surface area contributed by atoms with Crippen LogP contribution in [0.25, 0.3) is 0 Å². The van der Waals surface area contributed by atoms with Crippen molar-refractivity contribution in [2.75, 3.05) is 6.61 Å². The van der Waals surface area contributed by atoms with Gasteiger partial charge in [0.2, 0.25) is 5.91 Å². The lowest BCUT2D eigenvalue weighted by Gasteiger charge is -2.23. The number of benzene rings is 1. The summed E-state index contributed by atoms with van der Waals surface area (Å²) in [6.07, 6.45) is 3.22. The van der Waals surface area contributed by atoms with Gasteiger partial charge in [-0.05, 0) is 43.2 Å². The second kappa shape index (κ2) is 8.03. The van der Waals surface area contributed by atoms with Gasteiger partial charge >= 0.3 is 0 Å². The normalized spacial score (nSPS) is 11.3. The minimum Gasteiger partial charge on any atom is -0.493 e. The highest BCUT2D eigenvalue weighted by Gasteiger charge is 2.18. The minimum atomic E-state index is -0.107. The average molecular weight is 292 g/mol. The number of hydrogen-bond acceptors (Lipinski definition) is 3. The summed E-state index contributed by atoms with van der Waals surface area (Å²) in [6.45, 7) is 9.36. The predicted molar refractivity (Wildman–Crippen MR) is 86.2 cm³/mol. The molecule has 0 aliphatic rings. The second-order valence-electron chi connectivity index (χ2n) is 6.48. The van der Waals surface area contributed by atoms with Crippen LogP contribution in [-0.4, -0.2) is 12.5 Å². The minimum absolute atomic E-state index is 0.0700. The maximum absolute atomic E-state index is 11.0. The standard InChI is InChI=1S/C17H28N2O2/c1-13-9-10-15(14(12-13)17(2,3)4)21-11-7-5-6-8-16(20)19-18/h9-10,12H,5-8,11,18H2,1-4H3,(H,19,20). The molecule has 21 heavy (non-hydrogen) atoms. The Kier molecular flexibility index (Phi) is 6.69. The zero-order valence-corrected chi connectivity index (χ0v) is 13.7. The van der Waals surface area contributed by atoms with Gasteiger partial charge in [0, 0.05) is 6.42 Å². The van der Waals surface area contributed by atoms with Crippen LogP contribution in [0, 0.1) is 6.92 Å². The molecule has 0 fully saturated rings. The molecule has 0 unspecified atom stereocenters. The van der Waals surface area contributed by atoms with Gasteiger partial charge in [-0.1, -0.05) is 38.5 Å². The first kappa shape index (κ1) is 17.5. The first-order chi connectivity index (χ1) is 9.84. The fourth-order valence-corrected chi connectivity index (χ4v) is 2.17. The monoisotopic (exact) mass is 292 g/mol. The lowest BCUT2D eigenvalue weighted by atomic mass is 9.85. The van der Waals surface area contributed by atoms with Crippen LogP contribution < -0.4 is 16.0 Å². The molecule has 0 bridgehead atoms. The largest absolute Gasteiger partial charge is 0.493 e. The van der Waals surface area contributed by atoms with Crippen molar-refractivity contribution in [3.63, 3.8) is 0 Å². The zero-order valence-electron chi connectivity index (χ0n) is 13.7. The number of hydrazine groups is 1. The van der Waals surface area contributed by atoms with Gasteiger partial charge in [-0.2, -0.15) is 0 Å². The van der Waals surface area contributed by atoms with Gasteiger partial charge < -0.3 is 4.74 Å². The van der Waals surface area contributed by atoms with E-state index in [0.29, 0.717) is 13.0 Å². The molecule has 0 aliphatic carbocycles. The molecule has 0 heterocycles. The highest BCUT2D eigenvalue weighted by molar-refractivity contribution is 5.75. The van der Waals surface area contributed by atoms with Crippen molar-refractivity contribution >= 4 is 5.91 Å². The molecule has 0 saturated carbocycles. The van der Waals surface area contributed by atoms with Crippen LogP contribution in [0.2, 0.25) is 0 Å². The number of nitrogens with two attached hydrogens (primary N) is 1. The van der Waals surface area contributed by atoms with Crippen molar-refractivity contribution < 1.29 is 9.53 Å². The summed E-state index contributed by atoms with van der Waals surface area (Å²) in [5.41, 5.74) is 4.70. The first-order valence-electron chi connectivity index (χ1n) is 7.58. The van der Waals surface area contributed by atoms with Crippen molar-refractivity contribution in [2.24, 2.45) is 5.84 Å². The van der Waals surface area contributed by atoms with E-state index in [1.165, 1.54) is 11.1 Å². The van der Waals surface area contributed by atoms with Gasteiger partial charge in [-0.25, -0.2) is 5.84 Å². The van der Waals surface area contributed by atoms with Crippen LogP contribution in [0.3, 0.4) is 0 Å². The van der Waals surface area contributed by atoms with Gasteiger partial charge in [0.25, 0.3) is 0 Å². The third-order valence-corrected chi connectivity index (χ3v) is 3.41. The molecule has 1 aromatic carbocycles. The van der Waals surface area contributed by atoms with E-state index in [9.17, 15) is 4.79 Å². The average Bonchev–Trinajstić information content (AvgIpc) is 2.42. The van der Waals surface area contributed by atoms with E-state index >= 15 is 0 Å². The smallest absolute Gasteiger partial charge is 0.233 e. The summed E-state index contributed by atoms with van der Waals surface area (Å²) in [4.78, 5) is 11.0. The summed E-state index contributed by atoms with van der Waals surface area (Å²) in [5, 5.41) is 0. The van der Waals surface area contributed by atoms with Crippen molar-refractivity contribution in [2.45, 2.75) is 58.8 Å². The third-order valence-electron chi connectivity index (χ3n) is 3.41. The molecule has 0 saturated heterocycles. The lowest BCUT2D eigenvalue weighted by molar-refractivity contribution is -0.121. The van der Waals surface area contributed by atoms with E-state index in [4.69, 9.17) is 10.6 Å². The van der Waals surface area contributed by atoms with E-state index in [-0.39, 0.29) is 11.3 Å². The maximum atomic E-state index is 11.0. The Morgan fingerprint density at radius 1 is 1.24 bits per heavy atom. The van der Waals surface area contributed by atoms with Gasteiger partial charge in [-0.15, -0.1) is 0 Å². The summed E-state index contributed by atoms with van der Waals surface area (Å²) < 4.78 is 5.93. The number of carbonyl (C=O) groups excluding carboxylic acids is 1. The molecule has 3 N–H and O–H groups in total. The number of ether oxygens (including phenoxy) is 1. The number of carbonyl (C=O) groups is 1. The van der Waals surface area contributed by atoms with Gasteiger partial charge in [0.15, 0.2) is 0 Å². The second-order valence-corrected chi connectivity index (χ2v) is 6.48. The molecule has 0 aliphatic heterocycles. The van der Waals surface area contributed by atoms with E-state index in [1.54, 1.807) is 0 Å². The summed E-state index contributed by atoms with van der Waals surface area (Å²) in [7, 11) is 0. The number of hydrogen-bond donors (Lipinski definition) is 2. The highest BCUT2D eigenvalue weighted by atomic mass is 16.5. The Labute approximate surface area is 128 Å². The number of amides is 1. The fraction of sp³-hybridized carbons (Fsp3) is 0.588. The molecule has 0 aromatic heterocycles. The Balaban J connectivity index is 2.44. The van der Waals surface area contributed by atoms with Crippen LogP contribution in [0.4, 0.5) is 0 Å². The van der Waals surface area contributed by atoms with E-state index in [0.717, 1.165) is 25.0 Å². The molecule has 0 spiro atoms. The topological polar surface area (TPSA) is 64.3 Å². The highest BCUT2D eigenvalue weighted by Crippen LogP contribution is 2.32. The Hall–Kier alpha value is -1.55. The number of rotatable bonds is 7. The number of unbranched alkanes of at least 4 members (excludes halogenated alkanes) is 2. The molecule has 4 heteroatoms. The quantitative estimate of drug-likeness (QED) is 0.351. The van der Waals surface area contributed by atoms with Crippen molar-refractivity contribution in [3.8, 4) is 5.75 Å². The molecule has 1 rings (SSSR count). The van der Waals surface area contributed by atoms with Crippen LogP contribution in [-0.2, 0) is 10.2 Å². The van der Waals surface area contributed by atoms with Crippen molar-refractivity contribution in [3.05, 3.63) is 29.3 Å². The Morgan fingerprint density at radius 3 is 2.57 bits per heavy atom. The molecule has 0 radical (unpaired) electrons. The number of nitrogens with one attached hydrogen (secondary N) is 1. The summed E-state index contributed by atoms with van der Waals surface area (Å²) in [5.74, 6) is 5.89. The molecule has 118 valence electrons. The molecular weight excluding hydrogens is 264 g/mol. The van der Waals surface area contributed by atoms with Gasteiger partial charge in [0.1, 0.15) is 5.75 Å². The van der Waals surface area contributed by atoms with Crippen LogP contribution in [0.15, 0.2) is 18.2 Å². The van der Waals surface area contributed by atoms with Gasteiger partial charge in [-0.3, -0.25) is 10.2 Å². The van der Waals surface area contributed by atoms with Gasteiger partial charge in [0.05, 0.1) is 6.61 Å². The number of aryl methyl sites for hydroxylation is 1.